The van der Waals surface area contributed by atoms with Crippen LogP contribution in [0.4, 0.5) is 5.69 Å². The number of para-hydroxylation sites is 1. The van der Waals surface area contributed by atoms with Gasteiger partial charge < -0.3 is 10.5 Å². The monoisotopic (exact) mass is 407 g/mol. The number of hydrogen-bond donors (Lipinski definition) is 1. The van der Waals surface area contributed by atoms with Crippen molar-refractivity contribution in [1.29, 1.82) is 5.26 Å². The SMILES string of the molecule is Cc1nn(-c2ccccc2)c2c1C(c1ccc(Cl)c([N+](=O)[O-])c1)C(C#N)=C(N)O2. The Labute approximate surface area is 170 Å². The number of allylic oxidation sites excluding steroid dienone is 1. The van der Waals surface area contributed by atoms with Gasteiger partial charge in [-0.2, -0.15) is 10.4 Å². The van der Waals surface area contributed by atoms with Gasteiger partial charge in [0.05, 0.1) is 27.8 Å². The zero-order valence-electron chi connectivity index (χ0n) is 15.2. The lowest BCUT2D eigenvalue weighted by molar-refractivity contribution is -0.384. The van der Waals surface area contributed by atoms with E-state index in [9.17, 15) is 15.4 Å². The molecular weight excluding hydrogens is 394 g/mol. The molecule has 0 fully saturated rings. The van der Waals surface area contributed by atoms with Crippen molar-refractivity contribution in [2.75, 3.05) is 0 Å². The molecule has 0 saturated carbocycles. The van der Waals surface area contributed by atoms with Crippen LogP contribution in [0.15, 0.2) is 60.0 Å². The average molecular weight is 408 g/mol. The minimum Gasteiger partial charge on any atom is -0.422 e. The third-order valence-corrected chi connectivity index (χ3v) is 5.05. The van der Waals surface area contributed by atoms with Crippen molar-refractivity contribution in [2.45, 2.75) is 12.8 Å². The third-order valence-electron chi connectivity index (χ3n) is 4.73. The lowest BCUT2D eigenvalue weighted by Gasteiger charge is -2.24. The topological polar surface area (TPSA) is 120 Å². The van der Waals surface area contributed by atoms with Crippen molar-refractivity contribution in [2.24, 2.45) is 5.73 Å². The van der Waals surface area contributed by atoms with Crippen molar-refractivity contribution >= 4 is 17.3 Å². The van der Waals surface area contributed by atoms with E-state index in [-0.39, 0.29) is 22.2 Å². The highest BCUT2D eigenvalue weighted by Gasteiger charge is 2.37. The maximum absolute atomic E-state index is 11.4. The Bertz CT molecular complexity index is 1210. The van der Waals surface area contributed by atoms with Crippen molar-refractivity contribution in [1.82, 2.24) is 9.78 Å². The summed E-state index contributed by atoms with van der Waals surface area (Å²) in [6, 6.07) is 15.8. The number of nitro benzene ring substituents is 1. The summed E-state index contributed by atoms with van der Waals surface area (Å²) in [5, 5.41) is 25.6. The molecule has 3 aromatic rings. The molecule has 29 heavy (non-hydrogen) atoms. The lowest BCUT2D eigenvalue weighted by Crippen LogP contribution is -2.22. The summed E-state index contributed by atoms with van der Waals surface area (Å²) in [7, 11) is 0. The van der Waals surface area contributed by atoms with E-state index in [1.807, 2.05) is 30.3 Å². The quantitative estimate of drug-likeness (QED) is 0.518. The minimum absolute atomic E-state index is 0.0122. The Morgan fingerprint density at radius 2 is 2.03 bits per heavy atom. The molecule has 1 aliphatic rings. The second kappa shape index (κ2) is 6.96. The number of nitro groups is 1. The first-order chi connectivity index (χ1) is 13.9. The van der Waals surface area contributed by atoms with Crippen LogP contribution in [-0.2, 0) is 0 Å². The van der Waals surface area contributed by atoms with Crippen LogP contribution < -0.4 is 10.5 Å². The van der Waals surface area contributed by atoms with Crippen LogP contribution in [0.3, 0.4) is 0 Å². The molecule has 1 aliphatic heterocycles. The van der Waals surface area contributed by atoms with Crippen LogP contribution in [0.25, 0.3) is 5.69 Å². The summed E-state index contributed by atoms with van der Waals surface area (Å²) in [6.45, 7) is 1.79. The van der Waals surface area contributed by atoms with Gasteiger partial charge in [0, 0.05) is 6.07 Å². The first-order valence-corrected chi connectivity index (χ1v) is 8.96. The molecular formula is C20H14ClN5O3. The first-order valence-electron chi connectivity index (χ1n) is 8.58. The summed E-state index contributed by atoms with van der Waals surface area (Å²) < 4.78 is 7.37. The standard InChI is InChI=1S/C20H14ClN5O3/c1-11-17-18(12-7-8-15(21)16(9-12)26(27)28)14(10-22)19(23)29-20(17)25(24-11)13-5-3-2-4-6-13/h2-9,18H,23H2,1H3. The van der Waals surface area contributed by atoms with Gasteiger partial charge in [0.15, 0.2) is 0 Å². The van der Waals surface area contributed by atoms with Crippen LogP contribution >= 0.6 is 11.6 Å². The number of hydrogen-bond acceptors (Lipinski definition) is 6. The van der Waals surface area contributed by atoms with Crippen molar-refractivity contribution < 1.29 is 9.66 Å². The summed E-state index contributed by atoms with van der Waals surface area (Å²) >= 11 is 5.96. The second-order valence-electron chi connectivity index (χ2n) is 6.44. The van der Waals surface area contributed by atoms with Crippen LogP contribution in [0.1, 0.15) is 22.7 Å². The zero-order valence-corrected chi connectivity index (χ0v) is 15.9. The van der Waals surface area contributed by atoms with Crippen LogP contribution in [0.5, 0.6) is 5.88 Å². The van der Waals surface area contributed by atoms with Crippen LogP contribution in [0.2, 0.25) is 5.02 Å². The molecule has 2 N–H and O–H groups in total. The molecule has 0 bridgehead atoms. The molecule has 0 amide bonds. The highest BCUT2D eigenvalue weighted by molar-refractivity contribution is 6.32. The molecule has 1 unspecified atom stereocenters. The average Bonchev–Trinajstić information content (AvgIpc) is 3.04. The summed E-state index contributed by atoms with van der Waals surface area (Å²) in [5.41, 5.74) is 8.45. The number of aryl methyl sites for hydroxylation is 1. The van der Waals surface area contributed by atoms with E-state index in [0.29, 0.717) is 22.7 Å². The van der Waals surface area contributed by atoms with Crippen molar-refractivity contribution in [3.05, 3.63) is 91.9 Å². The zero-order chi connectivity index (χ0) is 20.7. The van der Waals surface area contributed by atoms with Gasteiger partial charge >= 0.3 is 0 Å². The molecule has 144 valence electrons. The predicted molar refractivity (Wildman–Crippen MR) is 106 cm³/mol. The second-order valence-corrected chi connectivity index (χ2v) is 6.85. The number of nitriles is 1. The Morgan fingerprint density at radius 3 is 2.69 bits per heavy atom. The Hall–Kier alpha value is -3.83. The van der Waals surface area contributed by atoms with E-state index in [1.54, 1.807) is 17.7 Å². The Balaban J connectivity index is 1.97. The predicted octanol–water partition coefficient (Wildman–Crippen LogP) is 3.96. The van der Waals surface area contributed by atoms with E-state index in [0.717, 1.165) is 5.69 Å². The van der Waals surface area contributed by atoms with E-state index in [2.05, 4.69) is 11.2 Å². The van der Waals surface area contributed by atoms with Crippen LogP contribution in [-0.4, -0.2) is 14.7 Å². The summed E-state index contributed by atoms with van der Waals surface area (Å²) in [6.07, 6.45) is 0. The van der Waals surface area contributed by atoms with Gasteiger partial charge in [-0.05, 0) is 30.7 Å². The molecule has 9 heteroatoms. The lowest BCUT2D eigenvalue weighted by atomic mass is 9.84. The molecule has 0 spiro atoms. The summed E-state index contributed by atoms with van der Waals surface area (Å²) in [4.78, 5) is 10.8. The van der Waals surface area contributed by atoms with E-state index < -0.39 is 10.8 Å². The molecule has 1 atom stereocenters. The number of rotatable bonds is 3. The minimum atomic E-state index is -0.669. The first kappa shape index (κ1) is 18.5. The molecule has 2 heterocycles. The number of nitrogens with zero attached hydrogens (tertiary/aromatic N) is 4. The maximum Gasteiger partial charge on any atom is 0.288 e. The van der Waals surface area contributed by atoms with Gasteiger partial charge in [-0.3, -0.25) is 10.1 Å². The highest BCUT2D eigenvalue weighted by Crippen LogP contribution is 2.45. The molecule has 1 aromatic heterocycles. The van der Waals surface area contributed by atoms with E-state index in [1.165, 1.54) is 12.1 Å². The van der Waals surface area contributed by atoms with Gasteiger partial charge in [-0.25, -0.2) is 4.68 Å². The Kier molecular flexibility index (Phi) is 4.45. The van der Waals surface area contributed by atoms with Crippen LogP contribution in [0, 0.1) is 28.4 Å². The highest BCUT2D eigenvalue weighted by atomic mass is 35.5. The number of nitrogens with two attached hydrogens (primary N) is 1. The number of ether oxygens (including phenoxy) is 1. The largest absolute Gasteiger partial charge is 0.422 e. The fourth-order valence-corrected chi connectivity index (χ4v) is 3.63. The number of halogens is 1. The van der Waals surface area contributed by atoms with Gasteiger partial charge in [-0.1, -0.05) is 35.9 Å². The van der Waals surface area contributed by atoms with Gasteiger partial charge in [-0.15, -0.1) is 0 Å². The van der Waals surface area contributed by atoms with Gasteiger partial charge in [0.25, 0.3) is 5.69 Å². The van der Waals surface area contributed by atoms with Crippen molar-refractivity contribution in [3.63, 3.8) is 0 Å². The Morgan fingerprint density at radius 1 is 1.31 bits per heavy atom. The fraction of sp³-hybridized carbons (Fsp3) is 0.100. The van der Waals surface area contributed by atoms with E-state index in [4.69, 9.17) is 22.1 Å². The van der Waals surface area contributed by atoms with Gasteiger partial charge in [0.1, 0.15) is 16.7 Å². The van der Waals surface area contributed by atoms with E-state index >= 15 is 0 Å². The molecule has 8 nitrogen and oxygen atoms in total. The molecule has 0 aliphatic carbocycles. The third kappa shape index (κ3) is 2.98. The molecule has 4 rings (SSSR count). The fourth-order valence-electron chi connectivity index (χ4n) is 3.44. The van der Waals surface area contributed by atoms with Crippen molar-refractivity contribution in [3.8, 4) is 17.6 Å². The molecule has 0 saturated heterocycles. The summed E-state index contributed by atoms with van der Waals surface area (Å²) in [5.74, 6) is -0.371. The smallest absolute Gasteiger partial charge is 0.288 e. The maximum atomic E-state index is 11.4. The number of fused-ring (bicyclic) bond motifs is 1. The number of benzene rings is 2. The molecule has 0 radical (unpaired) electrons. The normalized spacial score (nSPS) is 15.4. The van der Waals surface area contributed by atoms with Gasteiger partial charge in [0.2, 0.25) is 11.8 Å². The molecule has 2 aromatic carbocycles. The number of aromatic nitrogens is 2.